The summed E-state index contributed by atoms with van der Waals surface area (Å²) in [6.07, 6.45) is 0.641. The van der Waals surface area contributed by atoms with Gasteiger partial charge in [-0.15, -0.1) is 0 Å². The van der Waals surface area contributed by atoms with E-state index < -0.39 is 6.10 Å². The van der Waals surface area contributed by atoms with Gasteiger partial charge in [0.25, 0.3) is 5.91 Å². The standard InChI is InChI=1S/C17H20N2O4/c20-11-15(21)13-6-8-19(9-7-13)17(22)16-10-14(18-23-16)12-4-2-1-3-5-12/h1-5,10,13,15,20-21H,6-9,11H2. The Labute approximate surface area is 134 Å². The number of aliphatic hydroxyl groups is 2. The molecule has 1 atom stereocenters. The lowest BCUT2D eigenvalue weighted by molar-refractivity contribution is 0.0170. The molecular weight excluding hydrogens is 296 g/mol. The maximum Gasteiger partial charge on any atom is 0.292 e. The number of nitrogens with zero attached hydrogens (tertiary/aromatic N) is 2. The number of amides is 1. The molecule has 1 aromatic carbocycles. The maximum atomic E-state index is 12.5. The predicted molar refractivity (Wildman–Crippen MR) is 83.7 cm³/mol. The summed E-state index contributed by atoms with van der Waals surface area (Å²) in [7, 11) is 0. The van der Waals surface area contributed by atoms with E-state index in [4.69, 9.17) is 9.63 Å². The van der Waals surface area contributed by atoms with Gasteiger partial charge in [-0.1, -0.05) is 35.5 Å². The topological polar surface area (TPSA) is 86.8 Å². The Kier molecular flexibility index (Phi) is 4.73. The Hall–Kier alpha value is -2.18. The van der Waals surface area contributed by atoms with Crippen molar-refractivity contribution in [3.63, 3.8) is 0 Å². The Bertz CT molecular complexity index is 648. The molecule has 2 N–H and O–H groups in total. The van der Waals surface area contributed by atoms with Gasteiger partial charge in [-0.2, -0.15) is 0 Å². The Balaban J connectivity index is 1.65. The Morgan fingerprint density at radius 2 is 2.00 bits per heavy atom. The number of carbonyl (C=O) groups is 1. The summed E-state index contributed by atoms with van der Waals surface area (Å²) in [4.78, 5) is 14.2. The lowest BCUT2D eigenvalue weighted by Crippen LogP contribution is -2.41. The summed E-state index contributed by atoms with van der Waals surface area (Å²) in [6, 6.07) is 11.2. The molecule has 2 aromatic rings. The molecule has 0 aliphatic carbocycles. The van der Waals surface area contributed by atoms with Crippen molar-refractivity contribution in [3.05, 3.63) is 42.2 Å². The fourth-order valence-electron chi connectivity index (χ4n) is 2.91. The van der Waals surface area contributed by atoms with Crippen molar-refractivity contribution in [1.82, 2.24) is 10.1 Å². The molecule has 23 heavy (non-hydrogen) atoms. The molecule has 1 amide bonds. The van der Waals surface area contributed by atoms with E-state index in [1.807, 2.05) is 30.3 Å². The van der Waals surface area contributed by atoms with Crippen LogP contribution < -0.4 is 0 Å². The largest absolute Gasteiger partial charge is 0.394 e. The molecule has 1 aliphatic heterocycles. The molecular formula is C17H20N2O4. The van der Waals surface area contributed by atoms with E-state index in [-0.39, 0.29) is 24.2 Å². The van der Waals surface area contributed by atoms with Crippen molar-refractivity contribution >= 4 is 5.91 Å². The first kappa shape index (κ1) is 15.7. The fourth-order valence-corrected chi connectivity index (χ4v) is 2.91. The van der Waals surface area contributed by atoms with Crippen LogP contribution in [0.15, 0.2) is 40.9 Å². The number of rotatable bonds is 4. The summed E-state index contributed by atoms with van der Waals surface area (Å²) in [5, 5.41) is 22.6. The van der Waals surface area contributed by atoms with Crippen LogP contribution in [0.2, 0.25) is 0 Å². The average Bonchev–Trinajstić information content (AvgIpc) is 3.11. The first-order valence-electron chi connectivity index (χ1n) is 7.79. The number of hydrogen-bond acceptors (Lipinski definition) is 5. The molecule has 1 fully saturated rings. The van der Waals surface area contributed by atoms with Crippen LogP contribution in [0.1, 0.15) is 23.4 Å². The lowest BCUT2D eigenvalue weighted by Gasteiger charge is -2.33. The number of hydrogen-bond donors (Lipinski definition) is 2. The highest BCUT2D eigenvalue weighted by molar-refractivity contribution is 5.92. The highest BCUT2D eigenvalue weighted by atomic mass is 16.5. The zero-order valence-electron chi connectivity index (χ0n) is 12.8. The number of aromatic nitrogens is 1. The number of benzene rings is 1. The van der Waals surface area contributed by atoms with Gasteiger partial charge in [0.15, 0.2) is 0 Å². The van der Waals surface area contributed by atoms with Crippen LogP contribution in [-0.4, -0.2) is 52.0 Å². The Morgan fingerprint density at radius 1 is 1.30 bits per heavy atom. The van der Waals surface area contributed by atoms with Crippen LogP contribution in [0.5, 0.6) is 0 Å². The molecule has 0 spiro atoms. The second-order valence-corrected chi connectivity index (χ2v) is 5.82. The van der Waals surface area contributed by atoms with Gasteiger partial charge in [-0.3, -0.25) is 4.79 Å². The Morgan fingerprint density at radius 3 is 2.65 bits per heavy atom. The van der Waals surface area contributed by atoms with E-state index >= 15 is 0 Å². The third-order valence-electron chi connectivity index (χ3n) is 4.35. The summed E-state index contributed by atoms with van der Waals surface area (Å²) in [6.45, 7) is 0.852. The van der Waals surface area contributed by atoms with Gasteiger partial charge >= 0.3 is 0 Å². The third-order valence-corrected chi connectivity index (χ3v) is 4.35. The van der Waals surface area contributed by atoms with Crippen molar-refractivity contribution in [2.45, 2.75) is 18.9 Å². The normalized spacial score (nSPS) is 17.2. The van der Waals surface area contributed by atoms with Crippen LogP contribution in [0.25, 0.3) is 11.3 Å². The lowest BCUT2D eigenvalue weighted by atomic mass is 9.91. The molecule has 3 rings (SSSR count). The van der Waals surface area contributed by atoms with Crippen LogP contribution in [-0.2, 0) is 0 Å². The summed E-state index contributed by atoms with van der Waals surface area (Å²) in [5.74, 6) is 0.0836. The molecule has 122 valence electrons. The van der Waals surface area contributed by atoms with Gasteiger partial charge in [0.2, 0.25) is 5.76 Å². The van der Waals surface area contributed by atoms with Crippen molar-refractivity contribution in [1.29, 1.82) is 0 Å². The van der Waals surface area contributed by atoms with Crippen molar-refractivity contribution in [3.8, 4) is 11.3 Å². The van der Waals surface area contributed by atoms with Crippen LogP contribution >= 0.6 is 0 Å². The second kappa shape index (κ2) is 6.93. The molecule has 2 heterocycles. The number of piperidine rings is 1. The molecule has 1 saturated heterocycles. The highest BCUT2D eigenvalue weighted by Gasteiger charge is 2.29. The number of likely N-dealkylation sites (tertiary alicyclic amines) is 1. The van der Waals surface area contributed by atoms with E-state index in [1.165, 1.54) is 0 Å². The molecule has 0 saturated carbocycles. The predicted octanol–water partition coefficient (Wildman–Crippen LogP) is 1.55. The SMILES string of the molecule is O=C(c1cc(-c2ccccc2)no1)N1CCC(C(O)CO)CC1. The molecule has 0 bridgehead atoms. The average molecular weight is 316 g/mol. The van der Waals surface area contributed by atoms with Gasteiger partial charge in [-0.25, -0.2) is 0 Å². The second-order valence-electron chi connectivity index (χ2n) is 5.82. The first-order chi connectivity index (χ1) is 11.2. The van der Waals surface area contributed by atoms with E-state index in [9.17, 15) is 9.90 Å². The van der Waals surface area contributed by atoms with E-state index in [2.05, 4.69) is 5.16 Å². The third kappa shape index (κ3) is 3.43. The molecule has 6 nitrogen and oxygen atoms in total. The van der Waals surface area contributed by atoms with Gasteiger partial charge < -0.3 is 19.6 Å². The monoisotopic (exact) mass is 316 g/mol. The molecule has 1 unspecified atom stereocenters. The zero-order valence-corrected chi connectivity index (χ0v) is 12.8. The van der Waals surface area contributed by atoms with Gasteiger partial charge in [0.05, 0.1) is 12.7 Å². The molecule has 1 aromatic heterocycles. The van der Waals surface area contributed by atoms with E-state index in [0.717, 1.165) is 5.56 Å². The maximum absolute atomic E-state index is 12.5. The zero-order chi connectivity index (χ0) is 16.2. The number of aliphatic hydroxyl groups excluding tert-OH is 2. The summed E-state index contributed by atoms with van der Waals surface area (Å²) in [5.41, 5.74) is 1.54. The minimum Gasteiger partial charge on any atom is -0.394 e. The fraction of sp³-hybridized carbons (Fsp3) is 0.412. The number of carbonyl (C=O) groups excluding carboxylic acids is 1. The van der Waals surface area contributed by atoms with Crippen molar-refractivity contribution in [2.24, 2.45) is 5.92 Å². The van der Waals surface area contributed by atoms with Crippen LogP contribution in [0.3, 0.4) is 0 Å². The van der Waals surface area contributed by atoms with Crippen molar-refractivity contribution in [2.75, 3.05) is 19.7 Å². The summed E-state index contributed by atoms with van der Waals surface area (Å²) < 4.78 is 5.20. The highest BCUT2D eigenvalue weighted by Crippen LogP contribution is 2.24. The van der Waals surface area contributed by atoms with E-state index in [1.54, 1.807) is 11.0 Å². The van der Waals surface area contributed by atoms with Gasteiger partial charge in [-0.05, 0) is 18.8 Å². The first-order valence-corrected chi connectivity index (χ1v) is 7.79. The quantitative estimate of drug-likeness (QED) is 0.893. The molecule has 1 aliphatic rings. The van der Waals surface area contributed by atoms with Crippen LogP contribution in [0, 0.1) is 5.92 Å². The van der Waals surface area contributed by atoms with E-state index in [0.29, 0.717) is 31.6 Å². The molecule has 0 radical (unpaired) electrons. The van der Waals surface area contributed by atoms with Gasteiger partial charge in [0.1, 0.15) is 5.69 Å². The summed E-state index contributed by atoms with van der Waals surface area (Å²) >= 11 is 0. The minimum absolute atomic E-state index is 0.0404. The van der Waals surface area contributed by atoms with Crippen LogP contribution in [0.4, 0.5) is 0 Å². The smallest absolute Gasteiger partial charge is 0.292 e. The van der Waals surface area contributed by atoms with Gasteiger partial charge in [0, 0.05) is 24.7 Å². The minimum atomic E-state index is -0.706. The molecule has 6 heteroatoms. The van der Waals surface area contributed by atoms with Crippen molar-refractivity contribution < 1.29 is 19.5 Å².